The van der Waals surface area contributed by atoms with Gasteiger partial charge in [-0.25, -0.2) is 0 Å². The molecule has 0 aliphatic heterocycles. The van der Waals surface area contributed by atoms with E-state index in [-0.39, 0.29) is 23.9 Å². The minimum atomic E-state index is -0.308. The van der Waals surface area contributed by atoms with E-state index >= 15 is 0 Å². The maximum atomic E-state index is 12.1. The first-order chi connectivity index (χ1) is 9.96. The summed E-state index contributed by atoms with van der Waals surface area (Å²) in [6.07, 6.45) is 1.86. The van der Waals surface area contributed by atoms with Crippen molar-refractivity contribution in [2.45, 2.75) is 52.6 Å². The summed E-state index contributed by atoms with van der Waals surface area (Å²) >= 11 is 0. The molecule has 0 bridgehead atoms. The molecule has 1 rings (SSSR count). The standard InChI is InChI=1S/C16H25N3O2/c1-5-13(6-2)19-16(21)11(3)17-14-7-9-15(10-8-14)18-12(4)20/h7-11,13,17H,5-6H2,1-4H3,(H,18,20)(H,19,21). The molecule has 0 aliphatic carbocycles. The van der Waals surface area contributed by atoms with E-state index < -0.39 is 0 Å². The van der Waals surface area contributed by atoms with Gasteiger partial charge in [-0.05, 0) is 44.0 Å². The van der Waals surface area contributed by atoms with Gasteiger partial charge < -0.3 is 16.0 Å². The number of anilines is 2. The third-order valence-corrected chi connectivity index (χ3v) is 3.31. The van der Waals surface area contributed by atoms with Crippen LogP contribution in [0.25, 0.3) is 0 Å². The predicted octanol–water partition coefficient (Wildman–Crippen LogP) is 2.75. The summed E-state index contributed by atoms with van der Waals surface area (Å²) in [5, 5.41) is 8.87. The first kappa shape index (κ1) is 17.0. The van der Waals surface area contributed by atoms with Crippen LogP contribution in [0, 0.1) is 0 Å². The van der Waals surface area contributed by atoms with E-state index in [2.05, 4.69) is 29.8 Å². The molecular weight excluding hydrogens is 266 g/mol. The molecule has 2 amide bonds. The predicted molar refractivity (Wildman–Crippen MR) is 86.3 cm³/mol. The first-order valence-electron chi connectivity index (χ1n) is 7.40. The van der Waals surface area contributed by atoms with E-state index in [1.54, 1.807) is 12.1 Å². The molecule has 0 aliphatic rings. The van der Waals surface area contributed by atoms with E-state index in [1.165, 1.54) is 6.92 Å². The Balaban J connectivity index is 2.55. The summed E-state index contributed by atoms with van der Waals surface area (Å²) in [4.78, 5) is 23.0. The average molecular weight is 291 g/mol. The molecule has 0 heterocycles. The fourth-order valence-corrected chi connectivity index (χ4v) is 1.99. The van der Waals surface area contributed by atoms with E-state index in [9.17, 15) is 9.59 Å². The number of hydrogen-bond acceptors (Lipinski definition) is 3. The Morgan fingerprint density at radius 2 is 1.57 bits per heavy atom. The molecule has 0 saturated heterocycles. The summed E-state index contributed by atoms with van der Waals surface area (Å²) in [6.45, 7) is 7.43. The van der Waals surface area contributed by atoms with Crippen molar-refractivity contribution >= 4 is 23.2 Å². The number of nitrogens with one attached hydrogen (secondary N) is 3. The molecule has 0 saturated carbocycles. The van der Waals surface area contributed by atoms with Crippen LogP contribution in [0.15, 0.2) is 24.3 Å². The summed E-state index contributed by atoms with van der Waals surface area (Å²) in [5.74, 6) is -0.108. The van der Waals surface area contributed by atoms with Crippen LogP contribution in [0.2, 0.25) is 0 Å². The van der Waals surface area contributed by atoms with Crippen LogP contribution in [-0.4, -0.2) is 23.9 Å². The minimum absolute atomic E-state index is 0.00497. The molecule has 0 fully saturated rings. The monoisotopic (exact) mass is 291 g/mol. The fraction of sp³-hybridized carbons (Fsp3) is 0.500. The molecule has 116 valence electrons. The Morgan fingerprint density at radius 1 is 1.05 bits per heavy atom. The summed E-state index contributed by atoms with van der Waals surface area (Å²) < 4.78 is 0. The lowest BCUT2D eigenvalue weighted by atomic mass is 10.1. The van der Waals surface area contributed by atoms with Gasteiger partial charge in [0.05, 0.1) is 0 Å². The Bertz CT molecular complexity index is 467. The molecule has 1 aromatic rings. The number of benzene rings is 1. The zero-order valence-corrected chi connectivity index (χ0v) is 13.2. The Hall–Kier alpha value is -2.04. The zero-order valence-electron chi connectivity index (χ0n) is 13.2. The van der Waals surface area contributed by atoms with Crippen LogP contribution in [0.4, 0.5) is 11.4 Å². The normalized spacial score (nSPS) is 11.9. The highest BCUT2D eigenvalue weighted by atomic mass is 16.2. The van der Waals surface area contributed by atoms with Gasteiger partial charge in [-0.3, -0.25) is 9.59 Å². The van der Waals surface area contributed by atoms with E-state index in [0.717, 1.165) is 24.2 Å². The van der Waals surface area contributed by atoms with Gasteiger partial charge in [0, 0.05) is 24.3 Å². The van der Waals surface area contributed by atoms with Crippen LogP contribution in [0.5, 0.6) is 0 Å². The zero-order chi connectivity index (χ0) is 15.8. The van der Waals surface area contributed by atoms with Crippen molar-refractivity contribution in [1.29, 1.82) is 0 Å². The molecule has 0 radical (unpaired) electrons. The van der Waals surface area contributed by atoms with Crippen molar-refractivity contribution in [2.75, 3.05) is 10.6 Å². The van der Waals surface area contributed by atoms with Crippen LogP contribution in [0.3, 0.4) is 0 Å². The molecule has 1 atom stereocenters. The van der Waals surface area contributed by atoms with Gasteiger partial charge in [-0.2, -0.15) is 0 Å². The fourth-order valence-electron chi connectivity index (χ4n) is 1.99. The molecule has 21 heavy (non-hydrogen) atoms. The van der Waals surface area contributed by atoms with Gasteiger partial charge in [0.2, 0.25) is 11.8 Å². The van der Waals surface area contributed by atoms with Crippen molar-refractivity contribution in [3.8, 4) is 0 Å². The number of hydrogen-bond donors (Lipinski definition) is 3. The second kappa shape index (κ2) is 8.29. The smallest absolute Gasteiger partial charge is 0.242 e. The Kier molecular flexibility index (Phi) is 6.72. The van der Waals surface area contributed by atoms with Crippen molar-refractivity contribution in [3.05, 3.63) is 24.3 Å². The number of rotatable bonds is 7. The SMILES string of the molecule is CCC(CC)NC(=O)C(C)Nc1ccc(NC(C)=O)cc1. The number of amides is 2. The lowest BCUT2D eigenvalue weighted by molar-refractivity contribution is -0.122. The third-order valence-electron chi connectivity index (χ3n) is 3.31. The van der Waals surface area contributed by atoms with Crippen LogP contribution in [0.1, 0.15) is 40.5 Å². The van der Waals surface area contributed by atoms with Gasteiger partial charge >= 0.3 is 0 Å². The second-order valence-electron chi connectivity index (χ2n) is 5.15. The summed E-state index contributed by atoms with van der Waals surface area (Å²) in [7, 11) is 0. The highest BCUT2D eigenvalue weighted by Crippen LogP contribution is 2.14. The molecule has 1 aromatic carbocycles. The summed E-state index contributed by atoms with van der Waals surface area (Å²) in [6, 6.07) is 7.20. The number of carbonyl (C=O) groups excluding carboxylic acids is 2. The van der Waals surface area contributed by atoms with Gasteiger partial charge in [-0.1, -0.05) is 13.8 Å². The van der Waals surface area contributed by atoms with Crippen molar-refractivity contribution < 1.29 is 9.59 Å². The molecule has 1 unspecified atom stereocenters. The van der Waals surface area contributed by atoms with Crippen LogP contribution >= 0.6 is 0 Å². The lowest BCUT2D eigenvalue weighted by Gasteiger charge is -2.20. The molecule has 0 aromatic heterocycles. The van der Waals surface area contributed by atoms with Crippen molar-refractivity contribution in [2.24, 2.45) is 0 Å². The van der Waals surface area contributed by atoms with Gasteiger partial charge in [0.15, 0.2) is 0 Å². The van der Waals surface area contributed by atoms with Gasteiger partial charge in [0.1, 0.15) is 6.04 Å². The van der Waals surface area contributed by atoms with Gasteiger partial charge in [0.25, 0.3) is 0 Å². The summed E-state index contributed by atoms with van der Waals surface area (Å²) in [5.41, 5.74) is 1.58. The minimum Gasteiger partial charge on any atom is -0.374 e. The van der Waals surface area contributed by atoms with Gasteiger partial charge in [-0.15, -0.1) is 0 Å². The maximum Gasteiger partial charge on any atom is 0.242 e. The Morgan fingerprint density at radius 3 is 2.05 bits per heavy atom. The molecule has 5 heteroatoms. The first-order valence-corrected chi connectivity index (χ1v) is 7.40. The molecule has 0 spiro atoms. The van der Waals surface area contributed by atoms with Crippen LogP contribution < -0.4 is 16.0 Å². The molecular formula is C16H25N3O2. The second-order valence-corrected chi connectivity index (χ2v) is 5.15. The number of carbonyl (C=O) groups is 2. The highest BCUT2D eigenvalue weighted by Gasteiger charge is 2.15. The maximum absolute atomic E-state index is 12.1. The largest absolute Gasteiger partial charge is 0.374 e. The average Bonchev–Trinajstić information content (AvgIpc) is 2.45. The van der Waals surface area contributed by atoms with Crippen molar-refractivity contribution in [1.82, 2.24) is 5.32 Å². The quantitative estimate of drug-likeness (QED) is 0.723. The van der Waals surface area contributed by atoms with E-state index in [0.29, 0.717) is 0 Å². The van der Waals surface area contributed by atoms with Crippen molar-refractivity contribution in [3.63, 3.8) is 0 Å². The van der Waals surface area contributed by atoms with Crippen LogP contribution in [-0.2, 0) is 9.59 Å². The highest BCUT2D eigenvalue weighted by molar-refractivity contribution is 5.89. The van der Waals surface area contributed by atoms with E-state index in [4.69, 9.17) is 0 Å². The topological polar surface area (TPSA) is 70.2 Å². The molecule has 5 nitrogen and oxygen atoms in total. The lowest BCUT2D eigenvalue weighted by Crippen LogP contribution is -2.42. The van der Waals surface area contributed by atoms with E-state index in [1.807, 2.05) is 19.1 Å². The molecule has 3 N–H and O–H groups in total. The Labute approximate surface area is 126 Å². The third kappa shape index (κ3) is 5.85.